The summed E-state index contributed by atoms with van der Waals surface area (Å²) < 4.78 is 8.33. The van der Waals surface area contributed by atoms with Crippen molar-refractivity contribution < 1.29 is 4.42 Å². The molecule has 0 N–H and O–H groups in total. The first kappa shape index (κ1) is 13.6. The number of nitrogens with zero attached hydrogens (tertiary/aromatic N) is 3. The van der Waals surface area contributed by atoms with Gasteiger partial charge in [-0.1, -0.05) is 30.3 Å². The highest BCUT2D eigenvalue weighted by molar-refractivity contribution is 6.15. The van der Waals surface area contributed by atoms with Gasteiger partial charge in [0.15, 0.2) is 11.2 Å². The Kier molecular flexibility index (Phi) is 2.58. The lowest BCUT2D eigenvalue weighted by Crippen LogP contribution is -1.85. The van der Waals surface area contributed by atoms with Crippen LogP contribution in [0.3, 0.4) is 0 Å². The van der Waals surface area contributed by atoms with Crippen molar-refractivity contribution in [1.82, 2.24) is 14.4 Å². The fourth-order valence-corrected chi connectivity index (χ4v) is 3.74. The average molecular weight is 335 g/mol. The van der Waals surface area contributed by atoms with Crippen LogP contribution in [-0.4, -0.2) is 14.4 Å². The molecule has 0 atom stereocenters. The zero-order valence-corrected chi connectivity index (χ0v) is 13.8. The van der Waals surface area contributed by atoms with Crippen molar-refractivity contribution in [2.24, 2.45) is 0 Å². The van der Waals surface area contributed by atoms with Crippen molar-refractivity contribution in [3.05, 3.63) is 79.1 Å². The molecule has 0 bridgehead atoms. The normalized spacial score (nSPS) is 11.8. The number of aromatic nitrogens is 3. The van der Waals surface area contributed by atoms with E-state index in [1.54, 1.807) is 0 Å². The Bertz CT molecular complexity index is 1430. The molecule has 0 aliphatic rings. The van der Waals surface area contributed by atoms with Crippen LogP contribution in [-0.2, 0) is 0 Å². The van der Waals surface area contributed by atoms with E-state index in [1.807, 2.05) is 54.7 Å². The SMILES string of the molecule is c1ccc(-c2cccc3oc4c(ccn5c6ccccc6nc45)c23)nc1. The molecule has 0 aliphatic carbocycles. The van der Waals surface area contributed by atoms with Crippen molar-refractivity contribution in [3.8, 4) is 11.3 Å². The molecule has 0 aliphatic heterocycles. The third kappa shape index (κ3) is 1.73. The lowest BCUT2D eigenvalue weighted by Gasteiger charge is -2.02. The molecular weight excluding hydrogens is 322 g/mol. The van der Waals surface area contributed by atoms with E-state index in [-0.39, 0.29) is 0 Å². The highest BCUT2D eigenvalue weighted by Gasteiger charge is 2.17. The van der Waals surface area contributed by atoms with Crippen LogP contribution in [0.4, 0.5) is 0 Å². The Hall–Kier alpha value is -3.66. The van der Waals surface area contributed by atoms with Crippen molar-refractivity contribution >= 4 is 38.6 Å². The number of hydrogen-bond donors (Lipinski definition) is 0. The zero-order chi connectivity index (χ0) is 17.1. The van der Waals surface area contributed by atoms with Crippen molar-refractivity contribution in [2.75, 3.05) is 0 Å². The summed E-state index contributed by atoms with van der Waals surface area (Å²) in [6.45, 7) is 0. The lowest BCUT2D eigenvalue weighted by atomic mass is 10.0. The van der Waals surface area contributed by atoms with Crippen molar-refractivity contribution in [3.63, 3.8) is 0 Å². The zero-order valence-electron chi connectivity index (χ0n) is 13.8. The molecule has 4 nitrogen and oxygen atoms in total. The second-order valence-electron chi connectivity index (χ2n) is 6.35. The van der Waals surface area contributed by atoms with Gasteiger partial charge in [0.25, 0.3) is 0 Å². The first-order valence-corrected chi connectivity index (χ1v) is 8.52. The molecule has 6 rings (SSSR count). The van der Waals surface area contributed by atoms with Crippen LogP contribution in [0.2, 0.25) is 0 Å². The topological polar surface area (TPSA) is 43.3 Å². The molecule has 0 amide bonds. The second-order valence-corrected chi connectivity index (χ2v) is 6.35. The number of para-hydroxylation sites is 2. The summed E-state index contributed by atoms with van der Waals surface area (Å²) in [6, 6.07) is 22.3. The third-order valence-corrected chi connectivity index (χ3v) is 4.88. The number of fused-ring (bicyclic) bond motifs is 7. The number of imidazole rings is 1. The Morgan fingerprint density at radius 1 is 0.846 bits per heavy atom. The maximum atomic E-state index is 6.25. The summed E-state index contributed by atoms with van der Waals surface area (Å²) in [4.78, 5) is 9.31. The minimum absolute atomic E-state index is 0.807. The van der Waals surface area contributed by atoms with Crippen LogP contribution in [0.15, 0.2) is 83.5 Å². The van der Waals surface area contributed by atoms with Gasteiger partial charge in [0.05, 0.1) is 16.7 Å². The Morgan fingerprint density at radius 3 is 2.69 bits per heavy atom. The van der Waals surface area contributed by atoms with Crippen LogP contribution < -0.4 is 0 Å². The Morgan fingerprint density at radius 2 is 1.77 bits per heavy atom. The summed E-state index contributed by atoms with van der Waals surface area (Å²) in [7, 11) is 0. The summed E-state index contributed by atoms with van der Waals surface area (Å²) in [5.74, 6) is 0. The Labute approximate surface area is 148 Å². The van der Waals surface area contributed by atoms with Crippen molar-refractivity contribution in [2.45, 2.75) is 0 Å². The summed E-state index contributed by atoms with van der Waals surface area (Å²) >= 11 is 0. The van der Waals surface area contributed by atoms with Crippen LogP contribution in [0, 0.1) is 0 Å². The summed E-state index contributed by atoms with van der Waals surface area (Å²) in [5, 5.41) is 2.14. The van der Waals surface area contributed by atoms with Gasteiger partial charge in [0.2, 0.25) is 0 Å². The largest absolute Gasteiger partial charge is 0.452 e. The maximum Gasteiger partial charge on any atom is 0.182 e. The minimum Gasteiger partial charge on any atom is -0.452 e. The van der Waals surface area contributed by atoms with E-state index in [4.69, 9.17) is 9.40 Å². The first-order chi connectivity index (χ1) is 12.9. The van der Waals surface area contributed by atoms with Gasteiger partial charge in [-0.3, -0.25) is 9.38 Å². The first-order valence-electron chi connectivity index (χ1n) is 8.52. The van der Waals surface area contributed by atoms with E-state index < -0.39 is 0 Å². The van der Waals surface area contributed by atoms with Gasteiger partial charge in [-0.2, -0.15) is 0 Å². The fraction of sp³-hybridized carbons (Fsp3) is 0. The number of benzene rings is 2. The van der Waals surface area contributed by atoms with Crippen LogP contribution in [0.25, 0.3) is 49.9 Å². The van der Waals surface area contributed by atoms with Gasteiger partial charge in [0.1, 0.15) is 5.58 Å². The van der Waals surface area contributed by atoms with E-state index in [1.165, 1.54) is 0 Å². The molecule has 26 heavy (non-hydrogen) atoms. The highest BCUT2D eigenvalue weighted by atomic mass is 16.3. The number of rotatable bonds is 1. The summed E-state index contributed by atoms with van der Waals surface area (Å²) in [5.41, 5.74) is 6.55. The summed E-state index contributed by atoms with van der Waals surface area (Å²) in [6.07, 6.45) is 3.88. The lowest BCUT2D eigenvalue weighted by molar-refractivity contribution is 0.670. The number of hydrogen-bond acceptors (Lipinski definition) is 3. The smallest absolute Gasteiger partial charge is 0.182 e. The molecule has 0 saturated heterocycles. The van der Waals surface area contributed by atoms with Gasteiger partial charge in [-0.15, -0.1) is 0 Å². The second kappa shape index (κ2) is 4.92. The molecule has 0 radical (unpaired) electrons. The molecule has 0 spiro atoms. The van der Waals surface area contributed by atoms with Crippen LogP contribution in [0.1, 0.15) is 0 Å². The molecule has 0 fully saturated rings. The van der Waals surface area contributed by atoms with Crippen LogP contribution >= 0.6 is 0 Å². The van der Waals surface area contributed by atoms with E-state index >= 15 is 0 Å². The van der Waals surface area contributed by atoms with Gasteiger partial charge in [0, 0.05) is 28.7 Å². The molecular formula is C22H13N3O. The number of pyridine rings is 2. The maximum absolute atomic E-state index is 6.25. The molecule has 2 aromatic carbocycles. The van der Waals surface area contributed by atoms with E-state index in [0.29, 0.717) is 0 Å². The molecule has 4 aromatic heterocycles. The van der Waals surface area contributed by atoms with E-state index in [9.17, 15) is 0 Å². The molecule has 6 aromatic rings. The monoisotopic (exact) mass is 335 g/mol. The van der Waals surface area contributed by atoms with E-state index in [0.717, 1.165) is 49.9 Å². The standard InChI is InChI=1S/C22H13N3O/c1-2-9-18-17(8-1)24-22-21-15(11-13-25(18)22)20-14(6-5-10-19(20)26-21)16-7-3-4-12-23-16/h1-13H. The number of furan rings is 1. The van der Waals surface area contributed by atoms with Gasteiger partial charge >= 0.3 is 0 Å². The fourth-order valence-electron chi connectivity index (χ4n) is 3.74. The van der Waals surface area contributed by atoms with Crippen LogP contribution in [0.5, 0.6) is 0 Å². The predicted molar refractivity (Wildman–Crippen MR) is 103 cm³/mol. The molecule has 122 valence electrons. The third-order valence-electron chi connectivity index (χ3n) is 4.88. The van der Waals surface area contributed by atoms with Gasteiger partial charge < -0.3 is 4.42 Å². The molecule has 4 heteroatoms. The highest BCUT2D eigenvalue weighted by Crippen LogP contribution is 2.37. The van der Waals surface area contributed by atoms with E-state index in [2.05, 4.69) is 33.8 Å². The Balaban J connectivity index is 1.79. The predicted octanol–water partition coefficient (Wildman–Crippen LogP) is 5.45. The van der Waals surface area contributed by atoms with Gasteiger partial charge in [-0.05, 0) is 36.4 Å². The average Bonchev–Trinajstić information content (AvgIpc) is 3.26. The molecule has 4 heterocycles. The molecule has 0 unspecified atom stereocenters. The van der Waals surface area contributed by atoms with Gasteiger partial charge in [-0.25, -0.2) is 4.98 Å². The quantitative estimate of drug-likeness (QED) is 0.401. The minimum atomic E-state index is 0.807. The van der Waals surface area contributed by atoms with Crippen molar-refractivity contribution in [1.29, 1.82) is 0 Å². The molecule has 0 saturated carbocycles.